The molecule has 4 heteroatoms. The van der Waals surface area contributed by atoms with Crippen LogP contribution in [0.4, 0.5) is 0 Å². The van der Waals surface area contributed by atoms with Gasteiger partial charge in [-0.2, -0.15) is 0 Å². The molecule has 3 fully saturated rings. The first-order chi connectivity index (χ1) is 27.1. The summed E-state index contributed by atoms with van der Waals surface area (Å²) in [5, 5.41) is 2.24. The van der Waals surface area contributed by atoms with Crippen LogP contribution in [0.5, 0.6) is 5.75 Å². The van der Waals surface area contributed by atoms with Gasteiger partial charge in [0.05, 0.1) is 0 Å². The fourth-order valence-corrected chi connectivity index (χ4v) is 11.0. The van der Waals surface area contributed by atoms with E-state index in [1.165, 1.54) is 29.6 Å². The van der Waals surface area contributed by atoms with Crippen LogP contribution in [0, 0.1) is 40.9 Å². The zero-order valence-electron chi connectivity index (χ0n) is 35.0. The number of carbonyl (C=O) groups excluding carboxylic acids is 3. The minimum Gasteiger partial charge on any atom is -0.490 e. The summed E-state index contributed by atoms with van der Waals surface area (Å²) >= 11 is 0. The van der Waals surface area contributed by atoms with Gasteiger partial charge in [-0.15, -0.1) is 0 Å². The molecule has 6 atom stereocenters. The van der Waals surface area contributed by atoms with Crippen molar-refractivity contribution in [2.45, 2.75) is 156 Å². The van der Waals surface area contributed by atoms with Crippen molar-refractivity contribution in [2.75, 3.05) is 0 Å². The third-order valence-electron chi connectivity index (χ3n) is 14.3. The van der Waals surface area contributed by atoms with Crippen molar-refractivity contribution in [3.8, 4) is 5.75 Å². The second-order valence-corrected chi connectivity index (χ2v) is 18.9. The molecule has 6 unspecified atom stereocenters. The number of allylic oxidation sites excluding steroid dienone is 7. The first-order valence-electron chi connectivity index (χ1n) is 22.6. The Morgan fingerprint density at radius 2 is 1.73 bits per heavy atom. The van der Waals surface area contributed by atoms with Gasteiger partial charge in [-0.1, -0.05) is 126 Å². The number of rotatable bonds is 12. The Kier molecular flexibility index (Phi) is 13.0. The van der Waals surface area contributed by atoms with Gasteiger partial charge < -0.3 is 4.74 Å². The van der Waals surface area contributed by atoms with Crippen molar-refractivity contribution < 1.29 is 19.1 Å². The molecule has 300 valence electrons. The highest BCUT2D eigenvalue weighted by molar-refractivity contribution is 5.95. The molecule has 2 aromatic rings. The molecule has 7 rings (SSSR count). The number of ether oxygens (including phenoxy) is 1. The van der Waals surface area contributed by atoms with Gasteiger partial charge in [-0.05, 0) is 116 Å². The van der Waals surface area contributed by atoms with E-state index in [-0.39, 0.29) is 34.8 Å². The van der Waals surface area contributed by atoms with Gasteiger partial charge in [-0.25, -0.2) is 0 Å². The Labute approximate surface area is 337 Å². The lowest BCUT2D eigenvalue weighted by molar-refractivity contribution is -0.136. The second kappa shape index (κ2) is 17.9. The van der Waals surface area contributed by atoms with E-state index in [2.05, 4.69) is 88.9 Å². The predicted octanol–water partition coefficient (Wildman–Crippen LogP) is 13.1. The highest BCUT2D eigenvalue weighted by Gasteiger charge is 2.56. The average Bonchev–Trinajstić information content (AvgIpc) is 3.62. The standard InChI is InChI=1S/C52H68O4/c1-6-35(5)52-32-43(52)18-12-10-8-9-11-17-40(28-44(53)26-37-15-13-14-16-37)51(55)48-31-45(30-47(48)49(54)33-52)56-50-29-41(39-21-19-38(25-39)23-34(3)4)27-42-24-36(7-2)20-22-46(42)50/h12,18,20-22,24-25,27,29,34,37,40,43,45,47-48H,5-11,13-17,19,23,26,28,30-33H2,1-4H3/b18-12+. The molecule has 0 bridgehead atoms. The number of benzene rings is 2. The van der Waals surface area contributed by atoms with E-state index in [1.54, 1.807) is 0 Å². The molecule has 0 heterocycles. The number of fused-ring (bicyclic) bond motifs is 3. The maximum absolute atomic E-state index is 15.0. The molecule has 0 N–H and O–H groups in total. The predicted molar refractivity (Wildman–Crippen MR) is 231 cm³/mol. The van der Waals surface area contributed by atoms with E-state index in [0.29, 0.717) is 49.9 Å². The number of carbonyl (C=O) groups is 3. The number of hydrogen-bond acceptors (Lipinski definition) is 4. The van der Waals surface area contributed by atoms with Crippen molar-refractivity contribution in [2.24, 2.45) is 40.9 Å². The fraction of sp³-hybridized carbons (Fsp3) is 0.596. The molecule has 4 nitrogen and oxygen atoms in total. The fourth-order valence-electron chi connectivity index (χ4n) is 11.0. The quantitative estimate of drug-likeness (QED) is 0.202. The third-order valence-corrected chi connectivity index (χ3v) is 14.3. The van der Waals surface area contributed by atoms with Crippen LogP contribution in [0.2, 0.25) is 0 Å². The van der Waals surface area contributed by atoms with Crippen LogP contribution in [0.15, 0.2) is 72.4 Å². The molecule has 0 spiro atoms. The largest absolute Gasteiger partial charge is 0.490 e. The lowest BCUT2D eigenvalue weighted by atomic mass is 9.76. The molecule has 56 heavy (non-hydrogen) atoms. The smallest absolute Gasteiger partial charge is 0.140 e. The summed E-state index contributed by atoms with van der Waals surface area (Å²) in [6, 6.07) is 11.2. The van der Waals surface area contributed by atoms with Crippen molar-refractivity contribution >= 4 is 33.7 Å². The number of ketones is 3. The van der Waals surface area contributed by atoms with E-state index >= 15 is 0 Å². The summed E-state index contributed by atoms with van der Waals surface area (Å²) in [5.41, 5.74) is 6.12. The van der Waals surface area contributed by atoms with Crippen LogP contribution in [-0.2, 0) is 20.8 Å². The van der Waals surface area contributed by atoms with Crippen LogP contribution < -0.4 is 4.74 Å². The van der Waals surface area contributed by atoms with Crippen molar-refractivity contribution in [3.05, 3.63) is 83.5 Å². The Morgan fingerprint density at radius 1 is 0.946 bits per heavy atom. The average molecular weight is 757 g/mol. The Morgan fingerprint density at radius 3 is 2.50 bits per heavy atom. The molecule has 3 saturated carbocycles. The normalized spacial score (nSPS) is 29.3. The summed E-state index contributed by atoms with van der Waals surface area (Å²) in [5.74, 6) is 1.68. The Balaban J connectivity index is 1.20. The summed E-state index contributed by atoms with van der Waals surface area (Å²) < 4.78 is 7.08. The summed E-state index contributed by atoms with van der Waals surface area (Å²) in [6.07, 6.45) is 25.9. The lowest BCUT2D eigenvalue weighted by Gasteiger charge is -2.25. The molecule has 5 aliphatic carbocycles. The molecule has 5 aliphatic rings. The topological polar surface area (TPSA) is 60.4 Å². The van der Waals surface area contributed by atoms with Gasteiger partial charge in [0.1, 0.15) is 29.2 Å². The second-order valence-electron chi connectivity index (χ2n) is 18.9. The minimum absolute atomic E-state index is 0.142. The van der Waals surface area contributed by atoms with Gasteiger partial charge in [-0.3, -0.25) is 14.4 Å². The number of Topliss-reactive ketones (excluding diaryl/α,β-unsaturated/α-hetero) is 3. The number of aryl methyl sites for hydroxylation is 1. The number of hydrogen-bond donors (Lipinski definition) is 0. The zero-order chi connectivity index (χ0) is 39.4. The molecule has 0 aliphatic heterocycles. The molecule has 0 amide bonds. The summed E-state index contributed by atoms with van der Waals surface area (Å²) in [4.78, 5) is 43.3. The van der Waals surface area contributed by atoms with E-state index in [9.17, 15) is 14.4 Å². The molecular formula is C52H68O4. The summed E-state index contributed by atoms with van der Waals surface area (Å²) in [6.45, 7) is 13.4. The van der Waals surface area contributed by atoms with Gasteiger partial charge in [0.25, 0.3) is 0 Å². The molecular weight excluding hydrogens is 689 g/mol. The van der Waals surface area contributed by atoms with Gasteiger partial charge in [0.15, 0.2) is 0 Å². The molecule has 0 aromatic heterocycles. The molecule has 0 radical (unpaired) electrons. The van der Waals surface area contributed by atoms with Crippen LogP contribution in [0.25, 0.3) is 16.3 Å². The maximum atomic E-state index is 15.0. The van der Waals surface area contributed by atoms with Crippen LogP contribution in [-0.4, -0.2) is 23.5 Å². The van der Waals surface area contributed by atoms with Crippen molar-refractivity contribution in [3.63, 3.8) is 0 Å². The Bertz CT molecular complexity index is 1880. The highest BCUT2D eigenvalue weighted by Crippen LogP contribution is 2.62. The van der Waals surface area contributed by atoms with Crippen LogP contribution in [0.3, 0.4) is 0 Å². The van der Waals surface area contributed by atoms with E-state index in [0.717, 1.165) is 105 Å². The lowest BCUT2D eigenvalue weighted by Crippen LogP contribution is -2.33. The first kappa shape index (κ1) is 40.7. The highest BCUT2D eigenvalue weighted by atomic mass is 16.5. The van der Waals surface area contributed by atoms with Crippen LogP contribution >= 0.6 is 0 Å². The first-order valence-corrected chi connectivity index (χ1v) is 22.6. The van der Waals surface area contributed by atoms with E-state index in [4.69, 9.17) is 4.74 Å². The van der Waals surface area contributed by atoms with E-state index in [1.807, 2.05) is 0 Å². The minimum atomic E-state index is -0.429. The SMILES string of the molecule is C=C(CC)C12CC(=O)C3CC(Oc4cc(C5=CCC(CC(C)C)=C5)cc5cc(CC)ccc45)CC3C(=O)C(CC(=O)CC3CCCC3)CCCCC/C=C/C1C2. The van der Waals surface area contributed by atoms with Gasteiger partial charge >= 0.3 is 0 Å². The maximum Gasteiger partial charge on any atom is 0.140 e. The van der Waals surface area contributed by atoms with Gasteiger partial charge in [0, 0.05) is 47.8 Å². The monoisotopic (exact) mass is 757 g/mol. The zero-order valence-corrected chi connectivity index (χ0v) is 35.0. The Hall–Kier alpha value is -3.53. The van der Waals surface area contributed by atoms with E-state index < -0.39 is 11.8 Å². The molecule has 2 aromatic carbocycles. The van der Waals surface area contributed by atoms with Gasteiger partial charge in [0.2, 0.25) is 0 Å². The van der Waals surface area contributed by atoms with Crippen molar-refractivity contribution in [1.82, 2.24) is 0 Å². The summed E-state index contributed by atoms with van der Waals surface area (Å²) in [7, 11) is 0. The third kappa shape index (κ3) is 9.26. The molecule has 0 saturated heterocycles. The van der Waals surface area contributed by atoms with Crippen molar-refractivity contribution in [1.29, 1.82) is 0 Å². The van der Waals surface area contributed by atoms with Crippen LogP contribution in [0.1, 0.15) is 154 Å².